The predicted molar refractivity (Wildman–Crippen MR) is 68.6 cm³/mol. The van der Waals surface area contributed by atoms with Crippen LogP contribution < -0.4 is 10.6 Å². The van der Waals surface area contributed by atoms with Crippen molar-refractivity contribution in [2.24, 2.45) is 11.8 Å². The molecular weight excluding hydrogens is 248 g/mol. The van der Waals surface area contributed by atoms with Gasteiger partial charge in [0.25, 0.3) is 0 Å². The summed E-state index contributed by atoms with van der Waals surface area (Å²) in [4.78, 5) is 35.9. The molecule has 0 aliphatic carbocycles. The number of rotatable bonds is 2. The molecule has 6 nitrogen and oxygen atoms in total. The molecule has 1 aromatic rings. The summed E-state index contributed by atoms with van der Waals surface area (Å²) in [6.07, 6.45) is 0. The van der Waals surface area contributed by atoms with E-state index in [-0.39, 0.29) is 28.8 Å². The number of carbonyl (C=O) groups excluding carboxylic acids is 2. The average Bonchev–Trinajstić information content (AvgIpc) is 2.55. The molecule has 2 amide bonds. The number of nitrogens with two attached hydrogens (primary N) is 1. The molecule has 0 spiro atoms. The first kappa shape index (κ1) is 13.1. The molecule has 1 heterocycles. The fraction of sp³-hybridized carbons (Fsp3) is 0.308. The van der Waals surface area contributed by atoms with Crippen molar-refractivity contribution < 1.29 is 19.5 Å². The van der Waals surface area contributed by atoms with Gasteiger partial charge in [0.2, 0.25) is 11.8 Å². The SMILES string of the molecule is CC1C(=O)N(c2ccc(C(=O)O)cc2N)C(=O)C1C. The van der Waals surface area contributed by atoms with Crippen LogP contribution in [0.1, 0.15) is 24.2 Å². The van der Waals surface area contributed by atoms with E-state index in [2.05, 4.69) is 0 Å². The molecule has 2 atom stereocenters. The van der Waals surface area contributed by atoms with E-state index in [1.165, 1.54) is 18.2 Å². The highest BCUT2D eigenvalue weighted by atomic mass is 16.4. The van der Waals surface area contributed by atoms with Gasteiger partial charge in [0, 0.05) is 11.8 Å². The van der Waals surface area contributed by atoms with Crippen molar-refractivity contribution in [3.63, 3.8) is 0 Å². The lowest BCUT2D eigenvalue weighted by Crippen LogP contribution is -2.31. The van der Waals surface area contributed by atoms with Gasteiger partial charge in [0.15, 0.2) is 0 Å². The third kappa shape index (κ3) is 1.95. The molecule has 1 fully saturated rings. The number of aromatic carboxylic acids is 1. The summed E-state index contributed by atoms with van der Waals surface area (Å²) in [6.45, 7) is 3.37. The Kier molecular flexibility index (Phi) is 3.01. The van der Waals surface area contributed by atoms with Crippen molar-refractivity contribution in [3.05, 3.63) is 23.8 Å². The Balaban J connectivity index is 2.46. The summed E-state index contributed by atoms with van der Waals surface area (Å²) >= 11 is 0. The van der Waals surface area contributed by atoms with Crippen LogP contribution in [-0.4, -0.2) is 22.9 Å². The van der Waals surface area contributed by atoms with Crippen molar-refractivity contribution in [2.45, 2.75) is 13.8 Å². The van der Waals surface area contributed by atoms with Crippen LogP contribution in [0, 0.1) is 11.8 Å². The molecule has 1 aromatic carbocycles. The van der Waals surface area contributed by atoms with Gasteiger partial charge in [-0.15, -0.1) is 0 Å². The number of carbonyl (C=O) groups is 3. The number of amides is 2. The minimum absolute atomic E-state index is 0.0152. The third-order valence-electron chi connectivity index (χ3n) is 3.49. The van der Waals surface area contributed by atoms with Gasteiger partial charge in [0.1, 0.15) is 0 Å². The van der Waals surface area contributed by atoms with E-state index in [4.69, 9.17) is 10.8 Å². The van der Waals surface area contributed by atoms with Crippen LogP contribution in [0.5, 0.6) is 0 Å². The summed E-state index contributed by atoms with van der Waals surface area (Å²) < 4.78 is 0. The first-order chi connectivity index (χ1) is 8.84. The molecule has 1 aliphatic heterocycles. The van der Waals surface area contributed by atoms with Crippen molar-refractivity contribution in [1.82, 2.24) is 0 Å². The topological polar surface area (TPSA) is 101 Å². The van der Waals surface area contributed by atoms with Gasteiger partial charge >= 0.3 is 5.97 Å². The van der Waals surface area contributed by atoms with Crippen molar-refractivity contribution in [3.8, 4) is 0 Å². The minimum atomic E-state index is -1.11. The van der Waals surface area contributed by atoms with Gasteiger partial charge in [-0.1, -0.05) is 13.8 Å². The molecule has 0 aromatic heterocycles. The van der Waals surface area contributed by atoms with Crippen molar-refractivity contribution in [2.75, 3.05) is 10.6 Å². The number of benzene rings is 1. The molecule has 2 rings (SSSR count). The summed E-state index contributed by atoms with van der Waals surface area (Å²) in [6, 6.07) is 3.95. The number of nitrogens with zero attached hydrogens (tertiary/aromatic N) is 1. The number of hydrogen-bond acceptors (Lipinski definition) is 4. The Morgan fingerprint density at radius 2 is 1.74 bits per heavy atom. The molecule has 6 heteroatoms. The van der Waals surface area contributed by atoms with Crippen molar-refractivity contribution >= 4 is 29.2 Å². The maximum Gasteiger partial charge on any atom is 0.335 e. The second kappa shape index (κ2) is 4.38. The van der Waals surface area contributed by atoms with Crippen LogP contribution in [0.15, 0.2) is 18.2 Å². The van der Waals surface area contributed by atoms with Crippen LogP contribution >= 0.6 is 0 Å². The van der Waals surface area contributed by atoms with E-state index < -0.39 is 17.8 Å². The summed E-state index contributed by atoms with van der Waals surface area (Å²) in [5.41, 5.74) is 6.11. The lowest BCUT2D eigenvalue weighted by atomic mass is 10.00. The molecule has 100 valence electrons. The molecule has 1 aliphatic rings. The Morgan fingerprint density at radius 3 is 2.16 bits per heavy atom. The van der Waals surface area contributed by atoms with E-state index in [9.17, 15) is 14.4 Å². The summed E-state index contributed by atoms with van der Waals surface area (Å²) in [5, 5.41) is 8.85. The lowest BCUT2D eigenvalue weighted by Gasteiger charge is -2.17. The van der Waals surface area contributed by atoms with Gasteiger partial charge in [0.05, 0.1) is 16.9 Å². The van der Waals surface area contributed by atoms with E-state index in [0.29, 0.717) is 0 Å². The number of nitrogen functional groups attached to an aromatic ring is 1. The number of carboxylic acid groups (broad SMARTS) is 1. The number of imide groups is 1. The maximum atomic E-state index is 12.0. The molecule has 0 saturated carbocycles. The predicted octanol–water partition coefficient (Wildman–Crippen LogP) is 1.11. The second-order valence-electron chi connectivity index (χ2n) is 4.67. The maximum absolute atomic E-state index is 12.0. The van der Waals surface area contributed by atoms with Gasteiger partial charge in [-0.25, -0.2) is 9.69 Å². The monoisotopic (exact) mass is 262 g/mol. The Labute approximate surface area is 109 Å². The molecule has 0 bridgehead atoms. The van der Waals surface area contributed by atoms with Crippen LogP contribution in [0.25, 0.3) is 0 Å². The largest absolute Gasteiger partial charge is 0.478 e. The average molecular weight is 262 g/mol. The summed E-state index contributed by atoms with van der Waals surface area (Å²) in [7, 11) is 0. The second-order valence-corrected chi connectivity index (χ2v) is 4.67. The van der Waals surface area contributed by atoms with Gasteiger partial charge in [-0.2, -0.15) is 0 Å². The van der Waals surface area contributed by atoms with Gasteiger partial charge in [-0.3, -0.25) is 9.59 Å². The van der Waals surface area contributed by atoms with E-state index in [0.717, 1.165) is 4.90 Å². The smallest absolute Gasteiger partial charge is 0.335 e. The zero-order chi connectivity index (χ0) is 14.3. The highest BCUT2D eigenvalue weighted by molar-refractivity contribution is 6.23. The van der Waals surface area contributed by atoms with E-state index in [1.807, 2.05) is 0 Å². The number of carboxylic acids is 1. The first-order valence-electron chi connectivity index (χ1n) is 5.85. The number of hydrogen-bond donors (Lipinski definition) is 2. The first-order valence-corrected chi connectivity index (χ1v) is 5.85. The molecule has 19 heavy (non-hydrogen) atoms. The van der Waals surface area contributed by atoms with Crippen molar-refractivity contribution in [1.29, 1.82) is 0 Å². The lowest BCUT2D eigenvalue weighted by molar-refractivity contribution is -0.122. The molecule has 0 radical (unpaired) electrons. The van der Waals surface area contributed by atoms with E-state index in [1.54, 1.807) is 13.8 Å². The molecule has 2 unspecified atom stereocenters. The zero-order valence-electron chi connectivity index (χ0n) is 10.6. The standard InChI is InChI=1S/C13H14N2O4/c1-6-7(2)12(17)15(11(6)16)10-4-3-8(13(18)19)5-9(10)14/h3-7H,14H2,1-2H3,(H,18,19). The number of anilines is 2. The Bertz CT molecular complexity index is 562. The fourth-order valence-electron chi connectivity index (χ4n) is 2.07. The Hall–Kier alpha value is -2.37. The molecular formula is C13H14N2O4. The van der Waals surface area contributed by atoms with Crippen LogP contribution in [0.4, 0.5) is 11.4 Å². The summed E-state index contributed by atoms with van der Waals surface area (Å²) in [5.74, 6) is -2.53. The van der Waals surface area contributed by atoms with Crippen LogP contribution in [0.2, 0.25) is 0 Å². The van der Waals surface area contributed by atoms with Gasteiger partial charge < -0.3 is 10.8 Å². The zero-order valence-corrected chi connectivity index (χ0v) is 10.6. The fourth-order valence-corrected chi connectivity index (χ4v) is 2.07. The molecule has 1 saturated heterocycles. The van der Waals surface area contributed by atoms with Crippen LogP contribution in [0.3, 0.4) is 0 Å². The third-order valence-corrected chi connectivity index (χ3v) is 3.49. The molecule has 3 N–H and O–H groups in total. The Morgan fingerprint density at radius 1 is 1.21 bits per heavy atom. The van der Waals surface area contributed by atoms with E-state index >= 15 is 0 Å². The normalized spacial score (nSPS) is 22.9. The highest BCUT2D eigenvalue weighted by Crippen LogP contribution is 2.34. The highest BCUT2D eigenvalue weighted by Gasteiger charge is 2.43. The van der Waals surface area contributed by atoms with Crippen LogP contribution in [-0.2, 0) is 9.59 Å². The quantitative estimate of drug-likeness (QED) is 0.614. The van der Waals surface area contributed by atoms with Gasteiger partial charge in [-0.05, 0) is 18.2 Å². The minimum Gasteiger partial charge on any atom is -0.478 e.